The number of likely N-dealkylation sites (tertiary alicyclic amines) is 1. The van der Waals surface area contributed by atoms with Gasteiger partial charge in [-0.25, -0.2) is 0 Å². The summed E-state index contributed by atoms with van der Waals surface area (Å²) >= 11 is 1.79. The highest BCUT2D eigenvalue weighted by atomic mass is 127. The first-order valence-corrected chi connectivity index (χ1v) is 7.51. The van der Waals surface area contributed by atoms with Gasteiger partial charge in [0, 0.05) is 22.6 Å². The van der Waals surface area contributed by atoms with E-state index in [0.29, 0.717) is 0 Å². The summed E-state index contributed by atoms with van der Waals surface area (Å²) < 4.78 is 0.0832. The molecule has 7 heteroatoms. The molecule has 0 bridgehead atoms. The van der Waals surface area contributed by atoms with Crippen LogP contribution in [0, 0.1) is 0 Å². The van der Waals surface area contributed by atoms with Crippen LogP contribution in [0.1, 0.15) is 33.6 Å². The van der Waals surface area contributed by atoms with Gasteiger partial charge in [-0.15, -0.1) is 0 Å². The molecule has 1 rings (SSSR count). The monoisotopic (exact) mass is 377 g/mol. The SMILES string of the molecule is CC(=O)C(C)N[B]C(=O)C(C)N1CCCC1C(=O)I. The van der Waals surface area contributed by atoms with Gasteiger partial charge in [0.25, 0.3) is 7.41 Å². The van der Waals surface area contributed by atoms with Gasteiger partial charge in [-0.05, 0) is 40.2 Å². The average Bonchev–Trinajstić information content (AvgIpc) is 2.83. The summed E-state index contributed by atoms with van der Waals surface area (Å²) in [6.07, 6.45) is 1.75. The molecule has 3 atom stereocenters. The minimum Gasteiger partial charge on any atom is -0.345 e. The Balaban J connectivity index is 2.52. The van der Waals surface area contributed by atoms with Crippen LogP contribution in [-0.4, -0.2) is 52.2 Å². The summed E-state index contributed by atoms with van der Waals surface area (Å²) in [5, 5.41) is 2.79. The summed E-state index contributed by atoms with van der Waals surface area (Å²) in [5.41, 5.74) is -0.0994. The van der Waals surface area contributed by atoms with Crippen LogP contribution >= 0.6 is 22.6 Å². The van der Waals surface area contributed by atoms with E-state index in [2.05, 4.69) is 5.23 Å². The smallest absolute Gasteiger partial charge is 0.297 e. The fourth-order valence-electron chi connectivity index (χ4n) is 2.10. The molecule has 5 nitrogen and oxygen atoms in total. The molecule has 1 fully saturated rings. The summed E-state index contributed by atoms with van der Waals surface area (Å²) in [7, 11) is 1.35. The van der Waals surface area contributed by atoms with E-state index in [1.807, 2.05) is 4.90 Å². The van der Waals surface area contributed by atoms with Gasteiger partial charge < -0.3 is 10.0 Å². The second-order valence-corrected chi connectivity index (χ2v) is 5.98. The molecule has 1 saturated heterocycles. The Kier molecular flexibility index (Phi) is 6.62. The lowest BCUT2D eigenvalue weighted by Crippen LogP contribution is -2.50. The van der Waals surface area contributed by atoms with Gasteiger partial charge >= 0.3 is 0 Å². The van der Waals surface area contributed by atoms with E-state index >= 15 is 0 Å². The van der Waals surface area contributed by atoms with Gasteiger partial charge in [0.05, 0.1) is 18.1 Å². The summed E-state index contributed by atoms with van der Waals surface area (Å²) in [6, 6.07) is -0.854. The van der Waals surface area contributed by atoms with Crippen LogP contribution in [0.4, 0.5) is 0 Å². The zero-order valence-corrected chi connectivity index (χ0v) is 13.6. The van der Waals surface area contributed by atoms with Crippen LogP contribution in [0.5, 0.6) is 0 Å². The Hall–Kier alpha value is -0.275. The highest BCUT2D eigenvalue weighted by molar-refractivity contribution is 14.1. The van der Waals surface area contributed by atoms with Crippen LogP contribution in [0.15, 0.2) is 0 Å². The number of Topliss-reactive ketones (excluding diaryl/α,β-unsaturated/α-hetero) is 1. The first-order chi connectivity index (χ1) is 8.84. The third kappa shape index (κ3) is 4.64. The largest absolute Gasteiger partial charge is 0.345 e. The molecule has 0 aromatic heterocycles. The summed E-state index contributed by atoms with van der Waals surface area (Å²) in [5.74, 6) is -0.0156. The lowest BCUT2D eigenvalue weighted by molar-refractivity contribution is -0.119. The van der Waals surface area contributed by atoms with E-state index < -0.39 is 0 Å². The van der Waals surface area contributed by atoms with Crippen molar-refractivity contribution in [1.29, 1.82) is 0 Å². The van der Waals surface area contributed by atoms with Crippen molar-refractivity contribution >= 4 is 45.3 Å². The fraction of sp³-hybridized carbons (Fsp3) is 0.750. The molecule has 0 aromatic rings. The number of nitrogens with zero attached hydrogens (tertiary/aromatic N) is 1. The van der Waals surface area contributed by atoms with E-state index in [0.717, 1.165) is 19.4 Å². The number of carbonyl (C=O) groups excluding carboxylic acids is 3. The normalized spacial score (nSPS) is 22.8. The fourth-order valence-corrected chi connectivity index (χ4v) is 2.77. The average molecular weight is 377 g/mol. The number of carbonyl (C=O) groups is 3. The first-order valence-electron chi connectivity index (χ1n) is 6.43. The quantitative estimate of drug-likeness (QED) is 0.398. The molecule has 3 unspecified atom stereocenters. The molecule has 19 heavy (non-hydrogen) atoms. The number of hydrogen-bond donors (Lipinski definition) is 1. The number of ketones is 1. The van der Waals surface area contributed by atoms with Crippen molar-refractivity contribution in [3.05, 3.63) is 0 Å². The van der Waals surface area contributed by atoms with E-state index in [1.54, 1.807) is 36.4 Å². The van der Waals surface area contributed by atoms with Crippen LogP contribution in [0.2, 0.25) is 0 Å². The molecule has 105 valence electrons. The van der Waals surface area contributed by atoms with Gasteiger partial charge in [0.2, 0.25) is 3.79 Å². The van der Waals surface area contributed by atoms with Crippen molar-refractivity contribution in [2.24, 2.45) is 0 Å². The van der Waals surface area contributed by atoms with Gasteiger partial charge in [0.15, 0.2) is 0 Å². The van der Waals surface area contributed by atoms with Crippen LogP contribution < -0.4 is 5.23 Å². The second-order valence-electron chi connectivity index (χ2n) is 4.92. The first kappa shape index (κ1) is 16.8. The van der Waals surface area contributed by atoms with Gasteiger partial charge in [-0.1, -0.05) is 0 Å². The zero-order chi connectivity index (χ0) is 14.6. The molecule has 1 radical (unpaired) electrons. The van der Waals surface area contributed by atoms with Crippen LogP contribution in [0.3, 0.4) is 0 Å². The minimum atomic E-state index is -0.364. The van der Waals surface area contributed by atoms with Crippen molar-refractivity contribution in [3.63, 3.8) is 0 Å². The third-order valence-corrected chi connectivity index (χ3v) is 4.27. The Labute approximate surface area is 128 Å². The van der Waals surface area contributed by atoms with Crippen LogP contribution in [0.25, 0.3) is 0 Å². The molecule has 0 amide bonds. The molecule has 1 N–H and O–H groups in total. The van der Waals surface area contributed by atoms with Crippen molar-refractivity contribution in [2.45, 2.75) is 51.7 Å². The molecule has 0 aromatic carbocycles. The topological polar surface area (TPSA) is 66.5 Å². The van der Waals surface area contributed by atoms with E-state index in [9.17, 15) is 14.4 Å². The van der Waals surface area contributed by atoms with Crippen molar-refractivity contribution in [1.82, 2.24) is 10.1 Å². The molecule has 1 aliphatic rings. The van der Waals surface area contributed by atoms with Crippen molar-refractivity contribution in [2.75, 3.05) is 6.54 Å². The molecule has 0 saturated carbocycles. The Morgan fingerprint density at radius 1 is 1.37 bits per heavy atom. The van der Waals surface area contributed by atoms with Crippen molar-refractivity contribution in [3.8, 4) is 0 Å². The highest BCUT2D eigenvalue weighted by Gasteiger charge is 2.35. The lowest BCUT2D eigenvalue weighted by Gasteiger charge is -2.27. The molecular weight excluding hydrogens is 358 g/mol. The molecule has 1 aliphatic heterocycles. The predicted molar refractivity (Wildman–Crippen MR) is 82.3 cm³/mol. The standard InChI is InChI=1S/C12H19BIN2O3/c1-7(9(3)17)15-13-11(18)8(2)16-6-4-5-10(16)12(14)19/h7-8,10,15H,4-6H2,1-3H3. The zero-order valence-electron chi connectivity index (χ0n) is 11.5. The number of nitrogens with one attached hydrogen (secondary N) is 1. The molecule has 0 spiro atoms. The Morgan fingerprint density at radius 3 is 2.53 bits per heavy atom. The molecule has 0 aliphatic carbocycles. The third-order valence-electron chi connectivity index (χ3n) is 3.55. The lowest BCUT2D eigenvalue weighted by atomic mass is 9.81. The Bertz CT molecular complexity index is 378. The number of hydrogen-bond acceptors (Lipinski definition) is 5. The second kappa shape index (κ2) is 7.49. The number of rotatable bonds is 7. The van der Waals surface area contributed by atoms with Gasteiger partial charge in [0.1, 0.15) is 11.5 Å². The molecular formula is C12H19BIN2O3. The maximum Gasteiger partial charge on any atom is 0.297 e. The Morgan fingerprint density at radius 2 is 2.00 bits per heavy atom. The summed E-state index contributed by atoms with van der Waals surface area (Å²) in [6.45, 7) is 5.76. The van der Waals surface area contributed by atoms with E-state index in [-0.39, 0.29) is 33.4 Å². The summed E-state index contributed by atoms with van der Waals surface area (Å²) in [4.78, 5) is 36.6. The maximum absolute atomic E-state index is 12.0. The van der Waals surface area contributed by atoms with Crippen molar-refractivity contribution < 1.29 is 14.4 Å². The van der Waals surface area contributed by atoms with Gasteiger partial charge in [-0.2, -0.15) is 0 Å². The maximum atomic E-state index is 12.0. The number of halogens is 1. The van der Waals surface area contributed by atoms with Crippen LogP contribution in [-0.2, 0) is 14.4 Å². The van der Waals surface area contributed by atoms with E-state index in [4.69, 9.17) is 0 Å². The molecule has 1 heterocycles. The van der Waals surface area contributed by atoms with Gasteiger partial charge in [-0.3, -0.25) is 14.5 Å². The minimum absolute atomic E-state index is 0.0156. The van der Waals surface area contributed by atoms with E-state index in [1.165, 1.54) is 14.3 Å². The highest BCUT2D eigenvalue weighted by Crippen LogP contribution is 2.22. The predicted octanol–water partition coefficient (Wildman–Crippen LogP) is 0.514.